The number of carbonyl (C=O) groups excluding carboxylic acids is 1. The van der Waals surface area contributed by atoms with Crippen LogP contribution in [0.2, 0.25) is 0 Å². The standard InChI is InChI=1S/C14H26N2O3/c1-11(2)8-9-15-14(19)16-10-4-3-5-12(16)6-7-13(17)18/h11-12H,3-10H2,1-2H3,(H,15,19)(H,17,18). The summed E-state index contributed by atoms with van der Waals surface area (Å²) in [6.07, 6.45) is 4.69. The Bertz CT molecular complexity index is 305. The van der Waals surface area contributed by atoms with Gasteiger partial charge in [-0.3, -0.25) is 4.79 Å². The molecule has 0 aliphatic carbocycles. The smallest absolute Gasteiger partial charge is 0.317 e. The van der Waals surface area contributed by atoms with E-state index in [1.54, 1.807) is 0 Å². The molecule has 110 valence electrons. The largest absolute Gasteiger partial charge is 0.481 e. The topological polar surface area (TPSA) is 69.6 Å². The van der Waals surface area contributed by atoms with Crippen molar-refractivity contribution in [2.45, 2.75) is 58.4 Å². The first-order valence-corrected chi connectivity index (χ1v) is 7.27. The molecule has 0 bridgehead atoms. The van der Waals surface area contributed by atoms with Crippen LogP contribution in [-0.2, 0) is 4.79 Å². The van der Waals surface area contributed by atoms with Crippen molar-refractivity contribution in [3.63, 3.8) is 0 Å². The van der Waals surface area contributed by atoms with Gasteiger partial charge in [0.2, 0.25) is 0 Å². The number of amides is 2. The van der Waals surface area contributed by atoms with E-state index in [1.165, 1.54) is 0 Å². The van der Waals surface area contributed by atoms with Crippen molar-refractivity contribution in [3.8, 4) is 0 Å². The highest BCUT2D eigenvalue weighted by Crippen LogP contribution is 2.20. The zero-order valence-electron chi connectivity index (χ0n) is 12.0. The van der Waals surface area contributed by atoms with Crippen LogP contribution in [0, 0.1) is 5.92 Å². The molecular weight excluding hydrogens is 244 g/mol. The molecule has 0 aromatic carbocycles. The number of nitrogens with one attached hydrogen (secondary N) is 1. The van der Waals surface area contributed by atoms with Crippen LogP contribution in [0.15, 0.2) is 0 Å². The summed E-state index contributed by atoms with van der Waals surface area (Å²) in [7, 11) is 0. The number of urea groups is 1. The molecule has 0 aromatic rings. The maximum atomic E-state index is 12.1. The summed E-state index contributed by atoms with van der Waals surface area (Å²) in [4.78, 5) is 24.6. The normalized spacial score (nSPS) is 19.5. The molecule has 1 unspecified atom stereocenters. The molecule has 5 nitrogen and oxygen atoms in total. The molecule has 5 heteroatoms. The minimum absolute atomic E-state index is 0.0317. The van der Waals surface area contributed by atoms with Gasteiger partial charge in [-0.05, 0) is 38.0 Å². The van der Waals surface area contributed by atoms with Gasteiger partial charge in [-0.15, -0.1) is 0 Å². The lowest BCUT2D eigenvalue weighted by Gasteiger charge is -2.35. The van der Waals surface area contributed by atoms with Gasteiger partial charge in [-0.1, -0.05) is 13.8 Å². The lowest BCUT2D eigenvalue weighted by molar-refractivity contribution is -0.137. The summed E-state index contributed by atoms with van der Waals surface area (Å²) in [6, 6.07) is 0.0552. The molecule has 1 atom stereocenters. The first-order chi connectivity index (χ1) is 9.00. The SMILES string of the molecule is CC(C)CCNC(=O)N1CCCCC1CCC(=O)O. The minimum atomic E-state index is -0.786. The first-order valence-electron chi connectivity index (χ1n) is 7.27. The Balaban J connectivity index is 2.41. The molecule has 0 saturated carbocycles. The highest BCUT2D eigenvalue weighted by atomic mass is 16.4. The average molecular weight is 270 g/mol. The Hall–Kier alpha value is -1.26. The van der Waals surface area contributed by atoms with E-state index in [0.29, 0.717) is 18.9 Å². The van der Waals surface area contributed by atoms with Gasteiger partial charge in [0.15, 0.2) is 0 Å². The fourth-order valence-corrected chi connectivity index (χ4v) is 2.43. The molecule has 1 aliphatic heterocycles. The average Bonchev–Trinajstić information content (AvgIpc) is 2.36. The predicted molar refractivity (Wildman–Crippen MR) is 74.1 cm³/mol. The van der Waals surface area contributed by atoms with E-state index in [1.807, 2.05) is 4.90 Å². The summed E-state index contributed by atoms with van der Waals surface area (Å²) < 4.78 is 0. The third-order valence-electron chi connectivity index (χ3n) is 3.58. The molecule has 1 rings (SSSR count). The van der Waals surface area contributed by atoms with E-state index in [-0.39, 0.29) is 18.5 Å². The number of carboxylic acids is 1. The number of aliphatic carboxylic acids is 1. The second-order valence-corrected chi connectivity index (χ2v) is 5.69. The van der Waals surface area contributed by atoms with E-state index in [2.05, 4.69) is 19.2 Å². The third-order valence-corrected chi connectivity index (χ3v) is 3.58. The van der Waals surface area contributed by atoms with Crippen LogP contribution in [0.1, 0.15) is 52.4 Å². The number of likely N-dealkylation sites (tertiary alicyclic amines) is 1. The molecule has 1 heterocycles. The number of piperidine rings is 1. The van der Waals surface area contributed by atoms with Crippen molar-refractivity contribution in [2.24, 2.45) is 5.92 Å². The van der Waals surface area contributed by atoms with E-state index < -0.39 is 5.97 Å². The quantitative estimate of drug-likeness (QED) is 0.779. The Kier molecular flexibility index (Phi) is 6.67. The van der Waals surface area contributed by atoms with E-state index in [9.17, 15) is 9.59 Å². The minimum Gasteiger partial charge on any atom is -0.481 e. The zero-order chi connectivity index (χ0) is 14.3. The van der Waals surface area contributed by atoms with Crippen LogP contribution in [0.4, 0.5) is 4.79 Å². The molecule has 1 saturated heterocycles. The van der Waals surface area contributed by atoms with Crippen LogP contribution in [0.25, 0.3) is 0 Å². The summed E-state index contributed by atoms with van der Waals surface area (Å²) >= 11 is 0. The van der Waals surface area contributed by atoms with Crippen molar-refractivity contribution < 1.29 is 14.7 Å². The fraction of sp³-hybridized carbons (Fsp3) is 0.857. The second-order valence-electron chi connectivity index (χ2n) is 5.69. The van der Waals surface area contributed by atoms with E-state index >= 15 is 0 Å². The van der Waals surface area contributed by atoms with Gasteiger partial charge in [0.25, 0.3) is 0 Å². The number of rotatable bonds is 6. The summed E-state index contributed by atoms with van der Waals surface area (Å²) in [6.45, 7) is 5.70. The van der Waals surface area contributed by atoms with Gasteiger partial charge in [-0.2, -0.15) is 0 Å². The van der Waals surface area contributed by atoms with E-state index in [4.69, 9.17) is 5.11 Å². The van der Waals surface area contributed by atoms with Crippen molar-refractivity contribution in [3.05, 3.63) is 0 Å². The van der Waals surface area contributed by atoms with Crippen LogP contribution in [0.5, 0.6) is 0 Å². The molecule has 0 spiro atoms. The molecule has 1 fully saturated rings. The van der Waals surface area contributed by atoms with Crippen molar-refractivity contribution in [2.75, 3.05) is 13.1 Å². The van der Waals surface area contributed by atoms with Crippen molar-refractivity contribution in [1.29, 1.82) is 0 Å². The molecule has 0 radical (unpaired) electrons. The van der Waals surface area contributed by atoms with Crippen molar-refractivity contribution in [1.82, 2.24) is 10.2 Å². The zero-order valence-corrected chi connectivity index (χ0v) is 12.0. The van der Waals surface area contributed by atoms with Crippen LogP contribution < -0.4 is 5.32 Å². The van der Waals surface area contributed by atoms with Crippen LogP contribution in [-0.4, -0.2) is 41.1 Å². The lowest BCUT2D eigenvalue weighted by Crippen LogP contribution is -2.49. The summed E-state index contributed by atoms with van der Waals surface area (Å²) in [5, 5.41) is 11.7. The van der Waals surface area contributed by atoms with Crippen molar-refractivity contribution >= 4 is 12.0 Å². The van der Waals surface area contributed by atoms with Gasteiger partial charge in [0.1, 0.15) is 0 Å². The molecule has 0 aromatic heterocycles. The maximum absolute atomic E-state index is 12.1. The number of nitrogens with zero attached hydrogens (tertiary/aromatic N) is 1. The number of carboxylic acid groups (broad SMARTS) is 1. The van der Waals surface area contributed by atoms with Crippen LogP contribution in [0.3, 0.4) is 0 Å². The van der Waals surface area contributed by atoms with Gasteiger partial charge < -0.3 is 15.3 Å². The Morgan fingerprint density at radius 2 is 2.11 bits per heavy atom. The molecule has 2 N–H and O–H groups in total. The second kappa shape index (κ2) is 8.02. The Morgan fingerprint density at radius 1 is 1.37 bits per heavy atom. The van der Waals surface area contributed by atoms with Gasteiger partial charge in [0, 0.05) is 25.6 Å². The number of hydrogen-bond acceptors (Lipinski definition) is 2. The van der Waals surface area contributed by atoms with Gasteiger partial charge in [0.05, 0.1) is 0 Å². The molecule has 19 heavy (non-hydrogen) atoms. The van der Waals surface area contributed by atoms with E-state index in [0.717, 1.165) is 32.2 Å². The summed E-state index contributed by atoms with van der Waals surface area (Å²) in [5.74, 6) is -0.213. The lowest BCUT2D eigenvalue weighted by atomic mass is 9.98. The Labute approximate surface area is 115 Å². The van der Waals surface area contributed by atoms with Crippen LogP contribution >= 0.6 is 0 Å². The fourth-order valence-electron chi connectivity index (χ4n) is 2.43. The number of carbonyl (C=O) groups is 2. The summed E-state index contributed by atoms with van der Waals surface area (Å²) in [5.41, 5.74) is 0. The number of hydrogen-bond donors (Lipinski definition) is 2. The highest BCUT2D eigenvalue weighted by molar-refractivity contribution is 5.74. The molecular formula is C14H26N2O3. The molecule has 2 amide bonds. The third kappa shape index (κ3) is 5.94. The van der Waals surface area contributed by atoms with Gasteiger partial charge in [-0.25, -0.2) is 4.79 Å². The monoisotopic (exact) mass is 270 g/mol. The highest BCUT2D eigenvalue weighted by Gasteiger charge is 2.26. The molecule has 1 aliphatic rings. The Morgan fingerprint density at radius 3 is 2.74 bits per heavy atom. The van der Waals surface area contributed by atoms with Gasteiger partial charge >= 0.3 is 12.0 Å². The first kappa shape index (κ1) is 15.8. The predicted octanol–water partition coefficient (Wildman–Crippen LogP) is 2.46. The maximum Gasteiger partial charge on any atom is 0.317 e.